The molecule has 2 aromatic carbocycles. The number of allylic oxidation sites excluding steroid dienone is 1. The number of nitriles is 1. The van der Waals surface area contributed by atoms with Crippen molar-refractivity contribution in [1.29, 1.82) is 5.26 Å². The number of hydrogen-bond acceptors (Lipinski definition) is 6. The van der Waals surface area contributed by atoms with Gasteiger partial charge in [0.1, 0.15) is 11.0 Å². The predicted octanol–water partition coefficient (Wildman–Crippen LogP) is 3.00. The quantitative estimate of drug-likeness (QED) is 0.313. The Kier molecular flexibility index (Phi) is 4.19. The Balaban J connectivity index is 2.14. The van der Waals surface area contributed by atoms with Crippen LogP contribution in [-0.4, -0.2) is 18.3 Å². The van der Waals surface area contributed by atoms with Gasteiger partial charge in [-0.3, -0.25) is 10.1 Å². The number of benzene rings is 2. The average Bonchev–Trinajstić information content (AvgIpc) is 3.01. The number of rotatable bonds is 4. The van der Waals surface area contributed by atoms with Gasteiger partial charge in [-0.15, -0.1) is 0 Å². The summed E-state index contributed by atoms with van der Waals surface area (Å²) >= 11 is 0. The van der Waals surface area contributed by atoms with E-state index in [1.54, 1.807) is 6.07 Å². The fourth-order valence-corrected chi connectivity index (χ4v) is 3.60. The zero-order valence-electron chi connectivity index (χ0n) is 13.2. The van der Waals surface area contributed by atoms with Crippen molar-refractivity contribution in [3.05, 3.63) is 69.2 Å². The summed E-state index contributed by atoms with van der Waals surface area (Å²) in [7, 11) is -4.04. The van der Waals surface area contributed by atoms with Crippen LogP contribution >= 0.6 is 0 Å². The van der Waals surface area contributed by atoms with Crippen LogP contribution in [0.1, 0.15) is 5.56 Å². The number of aromatic amines is 1. The van der Waals surface area contributed by atoms with Crippen molar-refractivity contribution >= 4 is 38.2 Å². The number of nitro groups is 1. The molecule has 1 aromatic heterocycles. The number of sulfone groups is 1. The van der Waals surface area contributed by atoms with Crippen molar-refractivity contribution < 1.29 is 13.3 Å². The van der Waals surface area contributed by atoms with Crippen LogP contribution in [-0.2, 0) is 9.84 Å². The number of nitrogens with zero attached hydrogens (tertiary/aromatic N) is 2. The van der Waals surface area contributed by atoms with E-state index in [1.165, 1.54) is 54.7 Å². The second-order valence-corrected chi connectivity index (χ2v) is 7.34. The number of nitrogens with two attached hydrogens (primary N) is 1. The van der Waals surface area contributed by atoms with E-state index in [1.807, 2.05) is 0 Å². The van der Waals surface area contributed by atoms with Crippen LogP contribution in [0.25, 0.3) is 17.0 Å². The third kappa shape index (κ3) is 3.01. The SMILES string of the molecule is N#C/C(=C\c1c[nH]c2ccc([N+](=O)[O-])cc12)S(=O)(=O)c1ccc(N)cc1. The lowest BCUT2D eigenvalue weighted by atomic mass is 10.1. The van der Waals surface area contributed by atoms with Crippen molar-refractivity contribution in [2.75, 3.05) is 5.73 Å². The molecule has 9 heteroatoms. The van der Waals surface area contributed by atoms with Crippen LogP contribution in [0.5, 0.6) is 0 Å². The second kappa shape index (κ2) is 6.34. The van der Waals surface area contributed by atoms with Crippen LogP contribution in [0.15, 0.2) is 58.5 Å². The molecule has 0 spiro atoms. The lowest BCUT2D eigenvalue weighted by molar-refractivity contribution is -0.384. The number of hydrogen-bond donors (Lipinski definition) is 2. The topological polar surface area (TPSA) is 143 Å². The van der Waals surface area contributed by atoms with Crippen molar-refractivity contribution in [3.8, 4) is 6.07 Å². The van der Waals surface area contributed by atoms with Gasteiger partial charge in [-0.25, -0.2) is 8.42 Å². The highest BCUT2D eigenvalue weighted by atomic mass is 32.2. The smallest absolute Gasteiger partial charge is 0.270 e. The van der Waals surface area contributed by atoms with Crippen LogP contribution in [0, 0.1) is 21.4 Å². The molecule has 0 aliphatic heterocycles. The van der Waals surface area contributed by atoms with Gasteiger partial charge in [-0.2, -0.15) is 5.26 Å². The minimum Gasteiger partial charge on any atom is -0.399 e. The molecule has 3 aromatic rings. The molecule has 0 aliphatic carbocycles. The Hall–Kier alpha value is -3.64. The fourth-order valence-electron chi connectivity index (χ4n) is 2.45. The third-order valence-corrected chi connectivity index (χ3v) is 5.47. The molecular weight excluding hydrogens is 356 g/mol. The van der Waals surface area contributed by atoms with Gasteiger partial charge in [0.15, 0.2) is 0 Å². The highest BCUT2D eigenvalue weighted by Crippen LogP contribution is 2.28. The Labute approximate surface area is 148 Å². The molecule has 8 nitrogen and oxygen atoms in total. The first-order chi connectivity index (χ1) is 12.3. The number of fused-ring (bicyclic) bond motifs is 1. The third-order valence-electron chi connectivity index (χ3n) is 3.78. The first-order valence-corrected chi connectivity index (χ1v) is 8.79. The van der Waals surface area contributed by atoms with Crippen LogP contribution < -0.4 is 5.73 Å². The maximum atomic E-state index is 12.7. The largest absolute Gasteiger partial charge is 0.399 e. The normalized spacial score (nSPS) is 12.0. The molecule has 26 heavy (non-hydrogen) atoms. The summed E-state index contributed by atoms with van der Waals surface area (Å²) < 4.78 is 25.3. The molecule has 0 aliphatic rings. The van der Waals surface area contributed by atoms with Crippen LogP contribution in [0.2, 0.25) is 0 Å². The van der Waals surface area contributed by atoms with Gasteiger partial charge >= 0.3 is 0 Å². The molecule has 0 atom stereocenters. The van der Waals surface area contributed by atoms with Gasteiger partial charge in [0.2, 0.25) is 9.84 Å². The van der Waals surface area contributed by atoms with Crippen molar-refractivity contribution in [1.82, 2.24) is 4.98 Å². The zero-order valence-corrected chi connectivity index (χ0v) is 14.0. The minimum absolute atomic E-state index is 0.0645. The van der Waals surface area contributed by atoms with Gasteiger partial charge in [-0.05, 0) is 36.4 Å². The van der Waals surface area contributed by atoms with Crippen LogP contribution in [0.4, 0.5) is 11.4 Å². The number of nitro benzene ring substituents is 1. The van der Waals surface area contributed by atoms with E-state index in [0.29, 0.717) is 22.2 Å². The molecular formula is C17H12N4O4S. The maximum absolute atomic E-state index is 12.7. The molecule has 0 unspecified atom stereocenters. The summed E-state index contributed by atoms with van der Waals surface area (Å²) in [6.07, 6.45) is 2.68. The molecule has 130 valence electrons. The van der Waals surface area contributed by atoms with Gasteiger partial charge in [0.25, 0.3) is 5.69 Å². The number of non-ortho nitro benzene ring substituents is 1. The first kappa shape index (κ1) is 17.2. The monoisotopic (exact) mass is 368 g/mol. The number of nitrogen functional groups attached to an aromatic ring is 1. The van der Waals surface area contributed by atoms with E-state index in [2.05, 4.69) is 4.98 Å². The van der Waals surface area contributed by atoms with Crippen LogP contribution in [0.3, 0.4) is 0 Å². The lowest BCUT2D eigenvalue weighted by Crippen LogP contribution is -2.03. The molecule has 0 bridgehead atoms. The maximum Gasteiger partial charge on any atom is 0.270 e. The van der Waals surface area contributed by atoms with Gasteiger partial charge in [0, 0.05) is 40.5 Å². The van der Waals surface area contributed by atoms with Gasteiger partial charge in [-0.1, -0.05) is 0 Å². The zero-order chi connectivity index (χ0) is 18.9. The Bertz CT molecular complexity index is 1190. The first-order valence-electron chi connectivity index (χ1n) is 7.31. The van der Waals surface area contributed by atoms with E-state index >= 15 is 0 Å². The van der Waals surface area contributed by atoms with E-state index < -0.39 is 19.7 Å². The summed E-state index contributed by atoms with van der Waals surface area (Å²) in [6, 6.07) is 11.4. The Morgan fingerprint density at radius 2 is 1.92 bits per heavy atom. The number of anilines is 1. The highest BCUT2D eigenvalue weighted by molar-refractivity contribution is 7.95. The average molecular weight is 368 g/mol. The van der Waals surface area contributed by atoms with E-state index in [0.717, 1.165) is 0 Å². The number of H-pyrrole nitrogens is 1. The van der Waals surface area contributed by atoms with E-state index in [4.69, 9.17) is 5.73 Å². The summed E-state index contributed by atoms with van der Waals surface area (Å²) in [5, 5.41) is 20.7. The second-order valence-electron chi connectivity index (χ2n) is 5.42. The van der Waals surface area contributed by atoms with Gasteiger partial charge in [0.05, 0.1) is 9.82 Å². The molecule has 0 radical (unpaired) electrons. The molecule has 1 heterocycles. The predicted molar refractivity (Wildman–Crippen MR) is 96.6 cm³/mol. The van der Waals surface area contributed by atoms with E-state index in [9.17, 15) is 23.8 Å². The van der Waals surface area contributed by atoms with Gasteiger partial charge < -0.3 is 10.7 Å². The standard InChI is InChI=1S/C17H12N4O4S/c18-9-15(26(24,25)14-4-1-12(19)2-5-14)7-11-10-20-17-6-3-13(21(22)23)8-16(11)17/h1-8,10,20H,19H2/b15-7+. The number of aromatic nitrogens is 1. The summed E-state index contributed by atoms with van der Waals surface area (Å²) in [6.45, 7) is 0. The summed E-state index contributed by atoms with van der Waals surface area (Å²) in [5.74, 6) is 0. The Morgan fingerprint density at radius 3 is 2.54 bits per heavy atom. The summed E-state index contributed by atoms with van der Waals surface area (Å²) in [5.41, 5.74) is 6.77. The van der Waals surface area contributed by atoms with E-state index in [-0.39, 0.29) is 10.6 Å². The minimum atomic E-state index is -4.04. The fraction of sp³-hybridized carbons (Fsp3) is 0. The number of nitrogens with one attached hydrogen (secondary N) is 1. The molecule has 0 amide bonds. The Morgan fingerprint density at radius 1 is 1.23 bits per heavy atom. The highest BCUT2D eigenvalue weighted by Gasteiger charge is 2.21. The van der Waals surface area contributed by atoms with Crippen molar-refractivity contribution in [2.24, 2.45) is 0 Å². The summed E-state index contributed by atoms with van der Waals surface area (Å²) in [4.78, 5) is 12.8. The lowest BCUT2D eigenvalue weighted by Gasteiger charge is -2.03. The molecule has 0 saturated carbocycles. The van der Waals surface area contributed by atoms with Crippen molar-refractivity contribution in [2.45, 2.75) is 4.90 Å². The van der Waals surface area contributed by atoms with Crippen molar-refractivity contribution in [3.63, 3.8) is 0 Å². The molecule has 0 saturated heterocycles. The molecule has 3 N–H and O–H groups in total. The molecule has 3 rings (SSSR count). The molecule has 0 fully saturated rings.